The molecule has 0 saturated carbocycles. The Morgan fingerprint density at radius 2 is 1.88 bits per heavy atom. The van der Waals surface area contributed by atoms with E-state index in [0.717, 1.165) is 49.3 Å². The van der Waals surface area contributed by atoms with Gasteiger partial charge in [0, 0.05) is 44.2 Å². The number of carbonyl (C=O) groups is 1. The molecule has 7 nitrogen and oxygen atoms in total. The van der Waals surface area contributed by atoms with Crippen LogP contribution >= 0.6 is 0 Å². The molecule has 0 radical (unpaired) electrons. The summed E-state index contributed by atoms with van der Waals surface area (Å²) in [5.41, 5.74) is 3.83. The minimum absolute atomic E-state index is 0.102. The number of para-hydroxylation sites is 1. The summed E-state index contributed by atoms with van der Waals surface area (Å²) in [6, 6.07) is 13.5. The van der Waals surface area contributed by atoms with Crippen LogP contribution in [0.3, 0.4) is 0 Å². The van der Waals surface area contributed by atoms with Crippen LogP contribution in [0.2, 0.25) is 0 Å². The van der Waals surface area contributed by atoms with Gasteiger partial charge in [-0.25, -0.2) is 13.4 Å². The number of amides is 1. The molecule has 3 heterocycles. The van der Waals surface area contributed by atoms with Crippen LogP contribution in [0, 0.1) is 0 Å². The van der Waals surface area contributed by atoms with Crippen LogP contribution in [0.4, 0.5) is 5.69 Å². The first kappa shape index (κ1) is 23.1. The Morgan fingerprint density at radius 3 is 2.65 bits per heavy atom. The molecule has 8 heteroatoms. The molecule has 3 aromatic rings. The maximum atomic E-state index is 13.2. The summed E-state index contributed by atoms with van der Waals surface area (Å²) in [5.74, 6) is 0.936. The maximum absolute atomic E-state index is 13.2. The van der Waals surface area contributed by atoms with E-state index in [1.165, 1.54) is 5.56 Å². The van der Waals surface area contributed by atoms with Gasteiger partial charge in [-0.1, -0.05) is 25.1 Å². The third-order valence-electron chi connectivity index (χ3n) is 6.99. The number of rotatable bonds is 7. The van der Waals surface area contributed by atoms with E-state index in [9.17, 15) is 13.2 Å². The predicted octanol–water partition coefficient (Wildman–Crippen LogP) is 4.14. The number of anilines is 1. The highest BCUT2D eigenvalue weighted by Crippen LogP contribution is 2.32. The number of fused-ring (bicyclic) bond motifs is 2. The summed E-state index contributed by atoms with van der Waals surface area (Å²) in [7, 11) is -3.49. The molecule has 5 rings (SSSR count). The van der Waals surface area contributed by atoms with E-state index in [2.05, 4.69) is 24.5 Å². The quantitative estimate of drug-likeness (QED) is 0.509. The zero-order valence-electron chi connectivity index (χ0n) is 19.9. The number of imidazole rings is 1. The highest BCUT2D eigenvalue weighted by atomic mass is 32.2. The van der Waals surface area contributed by atoms with E-state index in [0.29, 0.717) is 36.3 Å². The molecule has 1 fully saturated rings. The molecular formula is C26H32N4O3S. The second-order valence-corrected chi connectivity index (χ2v) is 11.3. The fourth-order valence-corrected chi connectivity index (χ4v) is 6.88. The lowest BCUT2D eigenvalue weighted by Gasteiger charge is -2.22. The van der Waals surface area contributed by atoms with Crippen LogP contribution < -0.4 is 4.90 Å². The zero-order valence-corrected chi connectivity index (χ0v) is 20.7. The molecule has 1 aromatic heterocycles. The molecule has 2 aliphatic rings. The van der Waals surface area contributed by atoms with Crippen LogP contribution in [0.25, 0.3) is 11.0 Å². The zero-order chi connectivity index (χ0) is 23.9. The lowest BCUT2D eigenvalue weighted by atomic mass is 10.1. The Kier molecular flexibility index (Phi) is 6.20. The van der Waals surface area contributed by atoms with E-state index < -0.39 is 10.0 Å². The van der Waals surface area contributed by atoms with Crippen molar-refractivity contribution in [2.75, 3.05) is 18.0 Å². The molecule has 0 aliphatic carbocycles. The van der Waals surface area contributed by atoms with Crippen LogP contribution in [-0.2, 0) is 34.2 Å². The Bertz CT molecular complexity index is 1330. The number of hydrogen-bond acceptors (Lipinski definition) is 4. The molecule has 1 saturated heterocycles. The summed E-state index contributed by atoms with van der Waals surface area (Å²) in [6.07, 6.45) is 4.51. The first-order valence-electron chi connectivity index (χ1n) is 12.3. The van der Waals surface area contributed by atoms with E-state index >= 15 is 0 Å². The van der Waals surface area contributed by atoms with Crippen LogP contribution in [0.15, 0.2) is 47.4 Å². The van der Waals surface area contributed by atoms with Crippen molar-refractivity contribution in [1.29, 1.82) is 0 Å². The van der Waals surface area contributed by atoms with Crippen LogP contribution in [-0.4, -0.2) is 47.3 Å². The third-order valence-corrected chi connectivity index (χ3v) is 8.88. The number of carbonyl (C=O) groups excluding carboxylic acids is 1. The van der Waals surface area contributed by atoms with Gasteiger partial charge in [-0.3, -0.25) is 4.79 Å². The second-order valence-electron chi connectivity index (χ2n) is 9.39. The van der Waals surface area contributed by atoms with Crippen molar-refractivity contribution >= 4 is 32.7 Å². The van der Waals surface area contributed by atoms with Gasteiger partial charge in [0.15, 0.2) is 0 Å². The van der Waals surface area contributed by atoms with E-state index in [1.807, 2.05) is 29.2 Å². The van der Waals surface area contributed by atoms with E-state index in [-0.39, 0.29) is 11.9 Å². The number of sulfonamides is 1. The van der Waals surface area contributed by atoms with Crippen molar-refractivity contribution in [2.45, 2.75) is 69.9 Å². The maximum Gasteiger partial charge on any atom is 0.243 e. The van der Waals surface area contributed by atoms with Crippen molar-refractivity contribution in [1.82, 2.24) is 13.9 Å². The molecule has 0 spiro atoms. The Labute approximate surface area is 201 Å². The summed E-state index contributed by atoms with van der Waals surface area (Å²) < 4.78 is 29.8. The third kappa shape index (κ3) is 4.03. The normalized spacial score (nSPS) is 18.6. The first-order chi connectivity index (χ1) is 16.4. The van der Waals surface area contributed by atoms with E-state index in [1.54, 1.807) is 16.4 Å². The van der Waals surface area contributed by atoms with Gasteiger partial charge in [0.1, 0.15) is 5.82 Å². The fraction of sp³-hybridized carbons (Fsp3) is 0.462. The molecule has 2 aromatic carbocycles. The van der Waals surface area contributed by atoms with Gasteiger partial charge in [-0.2, -0.15) is 4.31 Å². The fourth-order valence-electron chi connectivity index (χ4n) is 5.35. The summed E-state index contributed by atoms with van der Waals surface area (Å²) in [6.45, 7) is 6.13. The summed E-state index contributed by atoms with van der Waals surface area (Å²) in [5, 5.41) is 0. The predicted molar refractivity (Wildman–Crippen MR) is 133 cm³/mol. The standard InChI is InChI=1S/C26H32N4O3S/c1-3-14-29-24-11-10-21(34(32,33)28-15-6-7-16-28)18-22(24)27-25(29)12-13-26(31)30-19(2)17-20-8-4-5-9-23(20)30/h4-5,8-11,18-19H,3,6-7,12-17H2,1-2H3. The first-order valence-corrected chi connectivity index (χ1v) is 13.7. The van der Waals surface area contributed by atoms with Crippen molar-refractivity contribution in [3.8, 4) is 0 Å². The Morgan fingerprint density at radius 1 is 1.12 bits per heavy atom. The topological polar surface area (TPSA) is 75.5 Å². The second kappa shape index (κ2) is 9.15. The monoisotopic (exact) mass is 480 g/mol. The highest BCUT2D eigenvalue weighted by molar-refractivity contribution is 7.89. The molecular weight excluding hydrogens is 448 g/mol. The van der Waals surface area contributed by atoms with Crippen LogP contribution in [0.5, 0.6) is 0 Å². The highest BCUT2D eigenvalue weighted by Gasteiger charge is 2.31. The number of nitrogens with zero attached hydrogens (tertiary/aromatic N) is 4. The van der Waals surface area contributed by atoms with Gasteiger partial charge in [-0.15, -0.1) is 0 Å². The van der Waals surface area contributed by atoms with Gasteiger partial charge in [0.25, 0.3) is 0 Å². The molecule has 0 bridgehead atoms. The molecule has 2 aliphatic heterocycles. The number of hydrogen-bond donors (Lipinski definition) is 0. The summed E-state index contributed by atoms with van der Waals surface area (Å²) in [4.78, 5) is 20.2. The van der Waals surface area contributed by atoms with Gasteiger partial charge in [0.2, 0.25) is 15.9 Å². The smallest absolute Gasteiger partial charge is 0.243 e. The minimum Gasteiger partial charge on any atom is -0.328 e. The molecule has 1 atom stereocenters. The van der Waals surface area contributed by atoms with Crippen molar-refractivity contribution < 1.29 is 13.2 Å². The molecule has 0 N–H and O–H groups in total. The Balaban J connectivity index is 1.40. The van der Waals surface area contributed by atoms with Gasteiger partial charge >= 0.3 is 0 Å². The SMILES string of the molecule is CCCn1c(CCC(=O)N2c3ccccc3CC2C)nc2cc(S(=O)(=O)N3CCCC3)ccc21. The summed E-state index contributed by atoms with van der Waals surface area (Å²) >= 11 is 0. The molecule has 34 heavy (non-hydrogen) atoms. The largest absolute Gasteiger partial charge is 0.328 e. The number of benzene rings is 2. The molecule has 1 amide bonds. The lowest BCUT2D eigenvalue weighted by molar-refractivity contribution is -0.118. The minimum atomic E-state index is -3.49. The van der Waals surface area contributed by atoms with Gasteiger partial charge in [0.05, 0.1) is 15.9 Å². The Hall–Kier alpha value is -2.71. The molecule has 1 unspecified atom stereocenters. The van der Waals surface area contributed by atoms with Crippen molar-refractivity contribution in [2.24, 2.45) is 0 Å². The van der Waals surface area contributed by atoms with E-state index in [4.69, 9.17) is 4.98 Å². The average molecular weight is 481 g/mol. The van der Waals surface area contributed by atoms with Crippen LogP contribution in [0.1, 0.15) is 50.9 Å². The van der Waals surface area contributed by atoms with Crippen molar-refractivity contribution in [3.63, 3.8) is 0 Å². The van der Waals surface area contributed by atoms with Gasteiger partial charge in [-0.05, 0) is 62.4 Å². The average Bonchev–Trinajstić information content (AvgIpc) is 3.55. The number of aryl methyl sites for hydroxylation is 2. The number of aromatic nitrogens is 2. The van der Waals surface area contributed by atoms with Crippen molar-refractivity contribution in [3.05, 3.63) is 53.9 Å². The van der Waals surface area contributed by atoms with Gasteiger partial charge < -0.3 is 9.47 Å². The lowest BCUT2D eigenvalue weighted by Crippen LogP contribution is -2.36. The molecule has 180 valence electrons.